The van der Waals surface area contributed by atoms with Crippen molar-refractivity contribution < 1.29 is 5.11 Å². The van der Waals surface area contributed by atoms with E-state index >= 15 is 0 Å². The highest BCUT2D eigenvalue weighted by atomic mass is 16.3. The van der Waals surface area contributed by atoms with Crippen molar-refractivity contribution in [2.45, 2.75) is 39.4 Å². The average Bonchev–Trinajstić information content (AvgIpc) is 2.46. The lowest BCUT2D eigenvalue weighted by Crippen LogP contribution is -2.33. The molecule has 0 amide bonds. The Morgan fingerprint density at radius 1 is 0.900 bits per heavy atom. The van der Waals surface area contributed by atoms with Crippen LogP contribution in [-0.2, 0) is 6.54 Å². The molecular formula is C18H23NO. The highest BCUT2D eigenvalue weighted by molar-refractivity contribution is 5.32. The SMILES string of the molecule is CC(C)N(Cc1ccccc1O)C(C)c1ccccc1. The van der Waals surface area contributed by atoms with Crippen LogP contribution in [-0.4, -0.2) is 16.0 Å². The van der Waals surface area contributed by atoms with Gasteiger partial charge in [0.1, 0.15) is 5.75 Å². The van der Waals surface area contributed by atoms with E-state index in [2.05, 4.69) is 49.9 Å². The van der Waals surface area contributed by atoms with Crippen molar-refractivity contribution in [3.63, 3.8) is 0 Å². The molecule has 0 aliphatic heterocycles. The fraction of sp³-hybridized carbons (Fsp3) is 0.333. The van der Waals surface area contributed by atoms with E-state index in [1.165, 1.54) is 5.56 Å². The third-order valence-corrected chi connectivity index (χ3v) is 3.79. The van der Waals surface area contributed by atoms with Gasteiger partial charge in [0.2, 0.25) is 0 Å². The Hall–Kier alpha value is -1.80. The van der Waals surface area contributed by atoms with Gasteiger partial charge in [-0.25, -0.2) is 0 Å². The van der Waals surface area contributed by atoms with Gasteiger partial charge in [-0.3, -0.25) is 4.90 Å². The highest BCUT2D eigenvalue weighted by Crippen LogP contribution is 2.27. The maximum Gasteiger partial charge on any atom is 0.120 e. The van der Waals surface area contributed by atoms with Crippen LogP contribution in [0.3, 0.4) is 0 Å². The Balaban J connectivity index is 2.22. The number of phenols is 1. The first kappa shape index (κ1) is 14.6. The van der Waals surface area contributed by atoms with E-state index in [0.717, 1.165) is 12.1 Å². The maximum absolute atomic E-state index is 9.97. The Morgan fingerprint density at radius 2 is 1.50 bits per heavy atom. The standard InChI is InChI=1S/C18H23NO/c1-14(2)19(13-17-11-7-8-12-18(17)20)15(3)16-9-5-4-6-10-16/h4-12,14-15,20H,13H2,1-3H3. The normalized spacial score (nSPS) is 12.8. The number of aromatic hydroxyl groups is 1. The molecule has 2 rings (SSSR count). The molecule has 1 N–H and O–H groups in total. The van der Waals surface area contributed by atoms with Gasteiger partial charge < -0.3 is 5.11 Å². The van der Waals surface area contributed by atoms with Crippen molar-refractivity contribution in [2.24, 2.45) is 0 Å². The van der Waals surface area contributed by atoms with Gasteiger partial charge in [-0.15, -0.1) is 0 Å². The molecule has 2 aromatic rings. The molecule has 0 saturated heterocycles. The lowest BCUT2D eigenvalue weighted by Gasteiger charge is -2.33. The van der Waals surface area contributed by atoms with Crippen molar-refractivity contribution in [1.29, 1.82) is 0 Å². The van der Waals surface area contributed by atoms with Crippen molar-refractivity contribution in [3.8, 4) is 5.75 Å². The molecule has 2 nitrogen and oxygen atoms in total. The zero-order chi connectivity index (χ0) is 14.5. The number of rotatable bonds is 5. The second-order valence-electron chi connectivity index (χ2n) is 5.48. The number of nitrogens with zero attached hydrogens (tertiary/aromatic N) is 1. The molecule has 0 saturated carbocycles. The van der Waals surface area contributed by atoms with Crippen LogP contribution in [0.1, 0.15) is 37.9 Å². The van der Waals surface area contributed by atoms with Gasteiger partial charge in [0.15, 0.2) is 0 Å². The molecule has 1 atom stereocenters. The summed E-state index contributed by atoms with van der Waals surface area (Å²) in [5.41, 5.74) is 2.28. The summed E-state index contributed by atoms with van der Waals surface area (Å²) in [4.78, 5) is 2.39. The monoisotopic (exact) mass is 269 g/mol. The number of benzene rings is 2. The van der Waals surface area contributed by atoms with Crippen LogP contribution in [0, 0.1) is 0 Å². The van der Waals surface area contributed by atoms with Crippen molar-refractivity contribution >= 4 is 0 Å². The van der Waals surface area contributed by atoms with E-state index in [1.54, 1.807) is 6.07 Å². The Labute approximate surface area is 121 Å². The highest BCUT2D eigenvalue weighted by Gasteiger charge is 2.19. The van der Waals surface area contributed by atoms with E-state index in [-0.39, 0.29) is 0 Å². The number of phenolic OH excluding ortho intramolecular Hbond substituents is 1. The smallest absolute Gasteiger partial charge is 0.120 e. The summed E-state index contributed by atoms with van der Waals surface area (Å²) >= 11 is 0. The van der Waals surface area contributed by atoms with Crippen LogP contribution in [0.4, 0.5) is 0 Å². The van der Waals surface area contributed by atoms with Crippen LogP contribution in [0.15, 0.2) is 54.6 Å². The van der Waals surface area contributed by atoms with Gasteiger partial charge in [-0.1, -0.05) is 48.5 Å². The fourth-order valence-electron chi connectivity index (χ4n) is 2.53. The number of para-hydroxylation sites is 1. The van der Waals surface area contributed by atoms with E-state index in [9.17, 15) is 5.11 Å². The average molecular weight is 269 g/mol. The second-order valence-corrected chi connectivity index (χ2v) is 5.48. The molecule has 0 aliphatic rings. The van der Waals surface area contributed by atoms with Crippen LogP contribution < -0.4 is 0 Å². The van der Waals surface area contributed by atoms with Gasteiger partial charge in [-0.05, 0) is 32.4 Å². The Bertz CT molecular complexity index is 536. The van der Waals surface area contributed by atoms with Crippen molar-refractivity contribution in [1.82, 2.24) is 4.90 Å². The molecule has 2 aromatic carbocycles. The van der Waals surface area contributed by atoms with Crippen molar-refractivity contribution in [2.75, 3.05) is 0 Å². The second kappa shape index (κ2) is 6.58. The number of hydrogen-bond acceptors (Lipinski definition) is 2. The molecule has 0 fully saturated rings. The molecule has 0 aliphatic carbocycles. The van der Waals surface area contributed by atoms with E-state index in [0.29, 0.717) is 17.8 Å². The summed E-state index contributed by atoms with van der Waals surface area (Å²) in [5.74, 6) is 0.374. The lowest BCUT2D eigenvalue weighted by molar-refractivity contribution is 0.153. The summed E-state index contributed by atoms with van der Waals surface area (Å²) in [6.07, 6.45) is 0. The summed E-state index contributed by atoms with van der Waals surface area (Å²) in [6.45, 7) is 7.36. The molecule has 0 radical (unpaired) electrons. The molecule has 0 heterocycles. The van der Waals surface area contributed by atoms with Gasteiger partial charge >= 0.3 is 0 Å². The molecule has 0 spiro atoms. The molecule has 2 heteroatoms. The largest absolute Gasteiger partial charge is 0.508 e. The van der Waals surface area contributed by atoms with Gasteiger partial charge in [-0.2, -0.15) is 0 Å². The molecule has 20 heavy (non-hydrogen) atoms. The van der Waals surface area contributed by atoms with Gasteiger partial charge in [0.25, 0.3) is 0 Å². The van der Waals surface area contributed by atoms with E-state index in [4.69, 9.17) is 0 Å². The fourth-order valence-corrected chi connectivity index (χ4v) is 2.53. The van der Waals surface area contributed by atoms with Crippen molar-refractivity contribution in [3.05, 3.63) is 65.7 Å². The number of hydrogen-bond donors (Lipinski definition) is 1. The van der Waals surface area contributed by atoms with Crippen LogP contribution in [0.5, 0.6) is 5.75 Å². The first-order chi connectivity index (χ1) is 9.59. The quantitative estimate of drug-likeness (QED) is 0.871. The van der Waals surface area contributed by atoms with E-state index in [1.807, 2.05) is 24.3 Å². The van der Waals surface area contributed by atoms with Crippen LogP contribution >= 0.6 is 0 Å². The topological polar surface area (TPSA) is 23.5 Å². The minimum Gasteiger partial charge on any atom is -0.508 e. The van der Waals surface area contributed by atoms with Crippen LogP contribution in [0.2, 0.25) is 0 Å². The lowest BCUT2D eigenvalue weighted by atomic mass is 10.0. The summed E-state index contributed by atoms with van der Waals surface area (Å²) in [6, 6.07) is 18.8. The van der Waals surface area contributed by atoms with Gasteiger partial charge in [0, 0.05) is 24.2 Å². The van der Waals surface area contributed by atoms with Crippen LogP contribution in [0.25, 0.3) is 0 Å². The first-order valence-corrected chi connectivity index (χ1v) is 7.17. The summed E-state index contributed by atoms with van der Waals surface area (Å²) < 4.78 is 0. The summed E-state index contributed by atoms with van der Waals surface area (Å²) in [7, 11) is 0. The predicted molar refractivity (Wildman–Crippen MR) is 83.6 cm³/mol. The Kier molecular flexibility index (Phi) is 4.80. The first-order valence-electron chi connectivity index (χ1n) is 7.17. The molecular weight excluding hydrogens is 246 g/mol. The predicted octanol–water partition coefficient (Wildman–Crippen LogP) is 4.36. The molecule has 0 aromatic heterocycles. The maximum atomic E-state index is 9.97. The van der Waals surface area contributed by atoms with Gasteiger partial charge in [0.05, 0.1) is 0 Å². The third-order valence-electron chi connectivity index (χ3n) is 3.79. The zero-order valence-electron chi connectivity index (χ0n) is 12.5. The minimum absolute atomic E-state index is 0.316. The Morgan fingerprint density at radius 3 is 2.10 bits per heavy atom. The zero-order valence-corrected chi connectivity index (χ0v) is 12.5. The molecule has 106 valence electrons. The molecule has 0 bridgehead atoms. The third kappa shape index (κ3) is 3.40. The van der Waals surface area contributed by atoms with E-state index < -0.39 is 0 Å². The minimum atomic E-state index is 0.316. The summed E-state index contributed by atoms with van der Waals surface area (Å²) in [5, 5.41) is 9.97. The molecule has 1 unspecified atom stereocenters.